The maximum absolute atomic E-state index is 13.4. The first kappa shape index (κ1) is 17.5. The first-order valence-corrected chi connectivity index (χ1v) is 6.86. The molecule has 2 N–H and O–H groups in total. The number of nitrogens with one attached hydrogen (secondary N) is 2. The zero-order chi connectivity index (χ0) is 17.7. The molecule has 126 valence electrons. The van der Waals surface area contributed by atoms with Gasteiger partial charge in [0.05, 0.1) is 5.69 Å². The lowest BCUT2D eigenvalue weighted by molar-refractivity contribution is -0.136. The summed E-state index contributed by atoms with van der Waals surface area (Å²) in [5.74, 6) is -7.60. The van der Waals surface area contributed by atoms with Gasteiger partial charge in [0.15, 0.2) is 17.5 Å². The molecule has 0 saturated heterocycles. The number of hydrogen-bond donors (Lipinski definition) is 2. The maximum atomic E-state index is 13.4. The van der Waals surface area contributed by atoms with Gasteiger partial charge >= 0.3 is 11.8 Å². The summed E-state index contributed by atoms with van der Waals surface area (Å²) in [4.78, 5) is 23.2. The molecule has 8 heteroatoms. The molecule has 0 aliphatic heterocycles. The maximum Gasteiger partial charge on any atom is 0.313 e. The van der Waals surface area contributed by atoms with Gasteiger partial charge in [0.1, 0.15) is 5.82 Å². The van der Waals surface area contributed by atoms with Crippen LogP contribution in [0, 0.1) is 23.3 Å². The average Bonchev–Trinajstić information content (AvgIpc) is 2.57. The first-order valence-electron chi connectivity index (χ1n) is 6.86. The van der Waals surface area contributed by atoms with Gasteiger partial charge in [-0.1, -0.05) is 18.2 Å². The van der Waals surface area contributed by atoms with Crippen molar-refractivity contribution in [3.05, 3.63) is 65.2 Å². The van der Waals surface area contributed by atoms with Crippen LogP contribution in [-0.2, 0) is 16.0 Å². The topological polar surface area (TPSA) is 58.2 Å². The fourth-order valence-corrected chi connectivity index (χ4v) is 1.89. The molecule has 0 aromatic heterocycles. The number of benzene rings is 2. The third kappa shape index (κ3) is 4.09. The summed E-state index contributed by atoms with van der Waals surface area (Å²) >= 11 is 0. The van der Waals surface area contributed by atoms with Crippen LogP contribution in [-0.4, -0.2) is 18.4 Å². The first-order chi connectivity index (χ1) is 11.4. The number of rotatable bonds is 4. The normalized spacial score (nSPS) is 10.3. The Morgan fingerprint density at radius 1 is 0.833 bits per heavy atom. The highest BCUT2D eigenvalue weighted by Crippen LogP contribution is 2.19. The van der Waals surface area contributed by atoms with Crippen LogP contribution in [0.25, 0.3) is 0 Å². The van der Waals surface area contributed by atoms with Crippen LogP contribution in [0.5, 0.6) is 0 Å². The number of anilines is 1. The molecule has 0 saturated carbocycles. The van der Waals surface area contributed by atoms with Gasteiger partial charge in [0, 0.05) is 6.54 Å². The predicted molar refractivity (Wildman–Crippen MR) is 78.1 cm³/mol. The molecule has 0 aliphatic rings. The highest BCUT2D eigenvalue weighted by Gasteiger charge is 2.19. The van der Waals surface area contributed by atoms with E-state index in [-0.39, 0.29) is 13.0 Å². The Morgan fingerprint density at radius 2 is 1.54 bits per heavy atom. The third-order valence-corrected chi connectivity index (χ3v) is 3.13. The minimum Gasteiger partial charge on any atom is -0.347 e. The van der Waals surface area contributed by atoms with Crippen molar-refractivity contribution >= 4 is 17.5 Å². The Bertz CT molecular complexity index is 781. The minimum atomic E-state index is -1.76. The standard InChI is InChI=1S/C16H12F4N2O2/c17-10-4-2-1-3-9(10)7-8-21-15(23)16(24)22-12-6-5-11(18)13(19)14(12)20/h1-6H,7-8H2,(H,21,23)(H,22,24). The molecular weight excluding hydrogens is 328 g/mol. The van der Waals surface area contributed by atoms with E-state index in [1.54, 1.807) is 6.07 Å². The van der Waals surface area contributed by atoms with E-state index in [9.17, 15) is 27.2 Å². The Balaban J connectivity index is 1.90. The third-order valence-electron chi connectivity index (χ3n) is 3.13. The molecular formula is C16H12F4N2O2. The highest BCUT2D eigenvalue weighted by atomic mass is 19.2. The fraction of sp³-hybridized carbons (Fsp3) is 0.125. The van der Waals surface area contributed by atoms with Crippen molar-refractivity contribution < 1.29 is 27.2 Å². The van der Waals surface area contributed by atoms with E-state index in [2.05, 4.69) is 5.32 Å². The summed E-state index contributed by atoms with van der Waals surface area (Å²) in [5.41, 5.74) is -0.312. The average molecular weight is 340 g/mol. The van der Waals surface area contributed by atoms with E-state index in [1.807, 2.05) is 5.32 Å². The van der Waals surface area contributed by atoms with Crippen molar-refractivity contribution in [3.8, 4) is 0 Å². The van der Waals surface area contributed by atoms with Crippen LogP contribution in [0.1, 0.15) is 5.56 Å². The molecule has 0 atom stereocenters. The van der Waals surface area contributed by atoms with Gasteiger partial charge in [0.25, 0.3) is 0 Å². The van der Waals surface area contributed by atoms with E-state index in [4.69, 9.17) is 0 Å². The minimum absolute atomic E-state index is 0.0343. The smallest absolute Gasteiger partial charge is 0.313 e. The second kappa shape index (κ2) is 7.58. The van der Waals surface area contributed by atoms with Crippen molar-refractivity contribution in [2.75, 3.05) is 11.9 Å². The van der Waals surface area contributed by atoms with Crippen molar-refractivity contribution in [1.82, 2.24) is 5.32 Å². The quantitative estimate of drug-likeness (QED) is 0.511. The molecule has 2 amide bonds. The van der Waals surface area contributed by atoms with Gasteiger partial charge in [-0.25, -0.2) is 17.6 Å². The molecule has 0 fully saturated rings. The molecule has 24 heavy (non-hydrogen) atoms. The van der Waals surface area contributed by atoms with E-state index >= 15 is 0 Å². The van der Waals surface area contributed by atoms with E-state index < -0.39 is 40.8 Å². The largest absolute Gasteiger partial charge is 0.347 e. The fourth-order valence-electron chi connectivity index (χ4n) is 1.89. The lowest BCUT2D eigenvalue weighted by Gasteiger charge is -2.08. The van der Waals surface area contributed by atoms with Crippen LogP contribution < -0.4 is 10.6 Å². The summed E-state index contributed by atoms with van der Waals surface area (Å²) in [6, 6.07) is 7.33. The van der Waals surface area contributed by atoms with Crippen LogP contribution in [0.15, 0.2) is 36.4 Å². The SMILES string of the molecule is O=C(NCCc1ccccc1F)C(=O)Nc1ccc(F)c(F)c1F. The zero-order valence-corrected chi connectivity index (χ0v) is 12.2. The predicted octanol–water partition coefficient (Wildman–Crippen LogP) is 2.54. The summed E-state index contributed by atoms with van der Waals surface area (Å²) in [6.07, 6.45) is 0.144. The number of carbonyl (C=O) groups excluding carboxylic acids is 2. The van der Waals surface area contributed by atoms with Gasteiger partial charge in [-0.3, -0.25) is 9.59 Å². The van der Waals surface area contributed by atoms with E-state index in [1.165, 1.54) is 18.2 Å². The van der Waals surface area contributed by atoms with E-state index in [0.717, 1.165) is 6.07 Å². The van der Waals surface area contributed by atoms with Crippen LogP contribution >= 0.6 is 0 Å². The molecule has 0 unspecified atom stereocenters. The summed E-state index contributed by atoms with van der Waals surface area (Å²) in [7, 11) is 0. The van der Waals surface area contributed by atoms with Crippen molar-refractivity contribution in [3.63, 3.8) is 0 Å². The zero-order valence-electron chi connectivity index (χ0n) is 12.2. The molecule has 2 aromatic rings. The summed E-state index contributed by atoms with van der Waals surface area (Å²) in [5, 5.41) is 4.05. The molecule has 4 nitrogen and oxygen atoms in total. The summed E-state index contributed by atoms with van der Waals surface area (Å²) in [6.45, 7) is -0.0343. The number of amides is 2. The molecule has 0 bridgehead atoms. The molecule has 2 aromatic carbocycles. The van der Waals surface area contributed by atoms with Gasteiger partial charge < -0.3 is 10.6 Å². The molecule has 2 rings (SSSR count). The van der Waals surface area contributed by atoms with Gasteiger partial charge in [-0.15, -0.1) is 0 Å². The Hall–Kier alpha value is -2.90. The lowest BCUT2D eigenvalue weighted by atomic mass is 10.1. The number of carbonyl (C=O) groups is 2. The number of hydrogen-bond acceptors (Lipinski definition) is 2. The second-order valence-corrected chi connectivity index (χ2v) is 4.77. The van der Waals surface area contributed by atoms with Crippen LogP contribution in [0.3, 0.4) is 0 Å². The summed E-state index contributed by atoms with van der Waals surface area (Å²) < 4.78 is 52.6. The Labute approximate surface area is 134 Å². The second-order valence-electron chi connectivity index (χ2n) is 4.77. The van der Waals surface area contributed by atoms with Gasteiger partial charge in [-0.05, 0) is 30.2 Å². The Morgan fingerprint density at radius 3 is 2.25 bits per heavy atom. The van der Waals surface area contributed by atoms with E-state index in [0.29, 0.717) is 11.6 Å². The van der Waals surface area contributed by atoms with Crippen LogP contribution in [0.4, 0.5) is 23.2 Å². The van der Waals surface area contributed by atoms with Gasteiger partial charge in [-0.2, -0.15) is 0 Å². The van der Waals surface area contributed by atoms with Gasteiger partial charge in [0.2, 0.25) is 0 Å². The monoisotopic (exact) mass is 340 g/mol. The van der Waals surface area contributed by atoms with Crippen molar-refractivity contribution in [2.24, 2.45) is 0 Å². The molecule has 0 spiro atoms. The molecule has 0 heterocycles. The van der Waals surface area contributed by atoms with Crippen molar-refractivity contribution in [2.45, 2.75) is 6.42 Å². The number of halogens is 4. The van der Waals surface area contributed by atoms with Crippen LogP contribution in [0.2, 0.25) is 0 Å². The molecule has 0 aliphatic carbocycles. The Kier molecular flexibility index (Phi) is 5.51. The molecule has 0 radical (unpaired) electrons. The van der Waals surface area contributed by atoms with Crippen molar-refractivity contribution in [1.29, 1.82) is 0 Å². The highest BCUT2D eigenvalue weighted by molar-refractivity contribution is 6.39. The lowest BCUT2D eigenvalue weighted by Crippen LogP contribution is -2.36.